The maximum absolute atomic E-state index is 12.2. The number of anilines is 1. The fraction of sp³-hybridized carbons (Fsp3) is 0.278. The lowest BCUT2D eigenvalue weighted by Crippen LogP contribution is -2.16. The molecule has 0 fully saturated rings. The van der Waals surface area contributed by atoms with E-state index in [4.69, 9.17) is 16.3 Å². The van der Waals surface area contributed by atoms with E-state index in [-0.39, 0.29) is 28.3 Å². The van der Waals surface area contributed by atoms with Crippen LogP contribution >= 0.6 is 23.4 Å². The third kappa shape index (κ3) is 5.37. The highest BCUT2D eigenvalue weighted by Gasteiger charge is 2.18. The molecule has 0 saturated heterocycles. The first kappa shape index (κ1) is 20.1. The molecule has 1 unspecified atom stereocenters. The van der Waals surface area contributed by atoms with E-state index < -0.39 is 4.92 Å². The second kappa shape index (κ2) is 9.45. The van der Waals surface area contributed by atoms with Gasteiger partial charge in [-0.15, -0.1) is 11.8 Å². The summed E-state index contributed by atoms with van der Waals surface area (Å²) in [6, 6.07) is 11.8. The third-order valence-electron chi connectivity index (χ3n) is 3.56. The predicted octanol–water partition coefficient (Wildman–Crippen LogP) is 5.08. The predicted molar refractivity (Wildman–Crippen MR) is 105 cm³/mol. The first-order chi connectivity index (χ1) is 12.4. The van der Waals surface area contributed by atoms with Crippen LogP contribution < -0.4 is 10.1 Å². The number of nitro benzene ring substituents is 1. The highest BCUT2D eigenvalue weighted by molar-refractivity contribution is 8.00. The van der Waals surface area contributed by atoms with Gasteiger partial charge in [-0.05, 0) is 37.6 Å². The number of nitrogens with one attached hydrogen (secondary N) is 1. The maximum Gasteiger partial charge on any atom is 0.296 e. The van der Waals surface area contributed by atoms with Gasteiger partial charge >= 0.3 is 0 Å². The number of thioether (sulfide) groups is 1. The standard InChI is InChI=1S/C18H19ClN2O4S/c1-3-25-13-8-9-16(17(10-13)21(23)24)20-18(22)11-26-12(2)14-6-4-5-7-15(14)19/h4-10,12H,3,11H2,1-2H3,(H,20,22). The van der Waals surface area contributed by atoms with Gasteiger partial charge in [0, 0.05) is 10.3 Å². The normalized spacial score (nSPS) is 11.7. The minimum Gasteiger partial charge on any atom is -0.494 e. The lowest BCUT2D eigenvalue weighted by atomic mass is 10.2. The zero-order chi connectivity index (χ0) is 19.1. The zero-order valence-electron chi connectivity index (χ0n) is 14.4. The second-order valence-electron chi connectivity index (χ2n) is 5.39. The quantitative estimate of drug-likeness (QED) is 0.498. The Kier molecular flexibility index (Phi) is 7.29. The van der Waals surface area contributed by atoms with Crippen molar-refractivity contribution in [1.82, 2.24) is 0 Å². The summed E-state index contributed by atoms with van der Waals surface area (Å²) in [5, 5.41) is 14.5. The molecule has 0 aliphatic rings. The van der Waals surface area contributed by atoms with Gasteiger partial charge in [0.15, 0.2) is 0 Å². The van der Waals surface area contributed by atoms with Crippen LogP contribution in [0.5, 0.6) is 5.75 Å². The number of rotatable bonds is 8. The highest BCUT2D eigenvalue weighted by atomic mass is 35.5. The molecule has 0 heterocycles. The number of amides is 1. The number of halogens is 1. The summed E-state index contributed by atoms with van der Waals surface area (Å²) in [6.45, 7) is 4.15. The molecule has 1 amide bonds. The van der Waals surface area contributed by atoms with Crippen molar-refractivity contribution < 1.29 is 14.5 Å². The number of ether oxygens (including phenoxy) is 1. The summed E-state index contributed by atoms with van der Waals surface area (Å²) in [4.78, 5) is 22.9. The average Bonchev–Trinajstić information content (AvgIpc) is 2.61. The summed E-state index contributed by atoms with van der Waals surface area (Å²) in [6.07, 6.45) is 0. The van der Waals surface area contributed by atoms with E-state index in [1.54, 1.807) is 19.1 Å². The summed E-state index contributed by atoms with van der Waals surface area (Å²) >= 11 is 7.57. The molecule has 0 aliphatic heterocycles. The zero-order valence-corrected chi connectivity index (χ0v) is 16.0. The van der Waals surface area contributed by atoms with Gasteiger partial charge in [-0.3, -0.25) is 14.9 Å². The van der Waals surface area contributed by atoms with Gasteiger partial charge in [0.25, 0.3) is 5.69 Å². The summed E-state index contributed by atoms with van der Waals surface area (Å²) in [5.41, 5.74) is 0.891. The lowest BCUT2D eigenvalue weighted by Gasteiger charge is -2.13. The van der Waals surface area contributed by atoms with E-state index >= 15 is 0 Å². The third-order valence-corrected chi connectivity index (χ3v) is 5.09. The van der Waals surface area contributed by atoms with E-state index in [0.717, 1.165) is 5.56 Å². The Morgan fingerprint density at radius 2 is 2.08 bits per heavy atom. The molecular weight excluding hydrogens is 376 g/mol. The van der Waals surface area contributed by atoms with Crippen molar-refractivity contribution in [2.24, 2.45) is 0 Å². The second-order valence-corrected chi connectivity index (χ2v) is 7.13. The largest absolute Gasteiger partial charge is 0.494 e. The van der Waals surface area contributed by atoms with Crippen LogP contribution in [0.15, 0.2) is 42.5 Å². The number of nitrogens with zero attached hydrogens (tertiary/aromatic N) is 1. The molecule has 1 atom stereocenters. The van der Waals surface area contributed by atoms with Crippen molar-refractivity contribution in [2.45, 2.75) is 19.1 Å². The number of nitro groups is 1. The smallest absolute Gasteiger partial charge is 0.296 e. The molecule has 0 aromatic heterocycles. The molecule has 2 rings (SSSR count). The molecule has 138 valence electrons. The Balaban J connectivity index is 2.01. The van der Waals surface area contributed by atoms with Crippen LogP contribution in [-0.2, 0) is 4.79 Å². The van der Waals surface area contributed by atoms with Crippen molar-refractivity contribution in [3.05, 3.63) is 63.2 Å². The molecule has 6 nitrogen and oxygen atoms in total. The topological polar surface area (TPSA) is 81.5 Å². The van der Waals surface area contributed by atoms with Crippen molar-refractivity contribution in [1.29, 1.82) is 0 Å². The number of hydrogen-bond acceptors (Lipinski definition) is 5. The Bertz CT molecular complexity index is 801. The van der Waals surface area contributed by atoms with E-state index in [9.17, 15) is 14.9 Å². The molecular formula is C18H19ClN2O4S. The van der Waals surface area contributed by atoms with Gasteiger partial charge in [0.1, 0.15) is 11.4 Å². The van der Waals surface area contributed by atoms with Gasteiger partial charge in [-0.25, -0.2) is 0 Å². The highest BCUT2D eigenvalue weighted by Crippen LogP contribution is 2.33. The molecule has 0 bridgehead atoms. The van der Waals surface area contributed by atoms with Crippen LogP contribution in [0.4, 0.5) is 11.4 Å². The Morgan fingerprint density at radius 1 is 1.35 bits per heavy atom. The molecule has 0 saturated carbocycles. The van der Waals surface area contributed by atoms with Crippen LogP contribution in [0.25, 0.3) is 0 Å². The molecule has 2 aromatic rings. The SMILES string of the molecule is CCOc1ccc(NC(=O)CSC(C)c2ccccc2Cl)c([N+](=O)[O-])c1. The van der Waals surface area contributed by atoms with Crippen LogP contribution in [0.1, 0.15) is 24.7 Å². The van der Waals surface area contributed by atoms with Crippen LogP contribution in [0, 0.1) is 10.1 Å². The van der Waals surface area contributed by atoms with Gasteiger partial charge in [0.2, 0.25) is 5.91 Å². The van der Waals surface area contributed by atoms with E-state index in [0.29, 0.717) is 17.4 Å². The Labute approximate surface area is 161 Å². The molecule has 0 radical (unpaired) electrons. The van der Waals surface area contributed by atoms with Gasteiger partial charge in [-0.2, -0.15) is 0 Å². The Hall–Kier alpha value is -2.25. The lowest BCUT2D eigenvalue weighted by molar-refractivity contribution is -0.384. The van der Waals surface area contributed by atoms with Gasteiger partial charge in [-0.1, -0.05) is 29.8 Å². The molecule has 1 N–H and O–H groups in total. The van der Waals surface area contributed by atoms with Crippen molar-refractivity contribution in [3.8, 4) is 5.75 Å². The number of benzene rings is 2. The van der Waals surface area contributed by atoms with E-state index in [1.165, 1.54) is 23.9 Å². The number of carbonyl (C=O) groups is 1. The summed E-state index contributed by atoms with van der Waals surface area (Å²) in [7, 11) is 0. The number of hydrogen-bond donors (Lipinski definition) is 1. The average molecular weight is 395 g/mol. The first-order valence-corrected chi connectivity index (χ1v) is 9.42. The Morgan fingerprint density at radius 3 is 2.73 bits per heavy atom. The number of carbonyl (C=O) groups excluding carboxylic acids is 1. The molecule has 2 aromatic carbocycles. The monoisotopic (exact) mass is 394 g/mol. The summed E-state index contributed by atoms with van der Waals surface area (Å²) in [5.74, 6) is 0.219. The van der Waals surface area contributed by atoms with Crippen LogP contribution in [-0.4, -0.2) is 23.2 Å². The fourth-order valence-electron chi connectivity index (χ4n) is 2.31. The van der Waals surface area contributed by atoms with Crippen molar-refractivity contribution in [3.63, 3.8) is 0 Å². The van der Waals surface area contributed by atoms with Crippen molar-refractivity contribution in [2.75, 3.05) is 17.7 Å². The van der Waals surface area contributed by atoms with Crippen LogP contribution in [0.2, 0.25) is 5.02 Å². The maximum atomic E-state index is 12.2. The van der Waals surface area contributed by atoms with Crippen molar-refractivity contribution >= 4 is 40.6 Å². The van der Waals surface area contributed by atoms with E-state index in [1.807, 2.05) is 25.1 Å². The minimum atomic E-state index is -0.544. The van der Waals surface area contributed by atoms with Gasteiger partial charge in [0.05, 0.1) is 23.3 Å². The van der Waals surface area contributed by atoms with E-state index in [2.05, 4.69) is 5.32 Å². The molecule has 26 heavy (non-hydrogen) atoms. The summed E-state index contributed by atoms with van der Waals surface area (Å²) < 4.78 is 5.26. The minimum absolute atomic E-state index is 0.0183. The first-order valence-electron chi connectivity index (χ1n) is 7.99. The molecule has 8 heteroatoms. The molecule has 0 spiro atoms. The fourth-order valence-corrected chi connectivity index (χ4v) is 3.53. The molecule has 0 aliphatic carbocycles. The van der Waals surface area contributed by atoms with Crippen LogP contribution in [0.3, 0.4) is 0 Å². The van der Waals surface area contributed by atoms with Gasteiger partial charge < -0.3 is 10.1 Å².